The Balaban J connectivity index is 0.704. The molecule has 26 aromatic rings. The van der Waals surface area contributed by atoms with Gasteiger partial charge in [-0.15, -0.1) is 22.7 Å². The molecule has 0 amide bonds. The second-order valence-corrected chi connectivity index (χ2v) is 35.0. The third-order valence-electron chi connectivity index (χ3n) is 26.3. The molecular weight excluding hydrogens is 1500 g/mol. The van der Waals surface area contributed by atoms with E-state index < -0.39 is 0 Å². The summed E-state index contributed by atoms with van der Waals surface area (Å²) in [4.78, 5) is 0. The molecule has 0 aliphatic heterocycles. The summed E-state index contributed by atoms with van der Waals surface area (Å²) in [6.07, 6.45) is 0. The number of benzene rings is 23. The van der Waals surface area contributed by atoms with E-state index in [0.29, 0.717) is 0 Å². The van der Waals surface area contributed by atoms with Crippen molar-refractivity contribution in [2.75, 3.05) is 0 Å². The van der Waals surface area contributed by atoms with Crippen LogP contribution in [0.4, 0.5) is 0 Å². The van der Waals surface area contributed by atoms with Gasteiger partial charge < -0.3 is 4.57 Å². The van der Waals surface area contributed by atoms with Crippen LogP contribution >= 0.6 is 22.7 Å². The standard InChI is InChI=1S/C118H69NS2/c1-2-20-78(21-3-1)115-95-26-12-14-28-97(95)116(98-29-15-13-27-96(98)115)79-46-52-90(53-47-79)119-111-54-48-86(103-66-88(84-44-40-76-36-32-72-18-6-10-24-93(72)101(76)60-84)68-109-107-62-82(50-56-113(107)120-117(103)109)80-42-38-74-34-30-70-16-4-8-22-91(70)99(74)58-80)64-105(111)106-65-87(49-55-112(106)119)104-67-89(85-45-41-77-37-33-73-19-7-11-25-94(73)102(77)61-85)69-110-108-63-83(51-57-114(108)121-118(104)110)81-43-39-75-35-31-71-17-5-9-23-92(71)100(75)59-81/h1-69H. The van der Waals surface area contributed by atoms with Gasteiger partial charge in [-0.25, -0.2) is 0 Å². The lowest BCUT2D eigenvalue weighted by Crippen LogP contribution is -1.95. The molecule has 121 heavy (non-hydrogen) atoms. The molecule has 0 atom stereocenters. The lowest BCUT2D eigenvalue weighted by atomic mass is 9.86. The van der Waals surface area contributed by atoms with E-state index in [0.717, 1.165) is 16.7 Å². The highest BCUT2D eigenvalue weighted by molar-refractivity contribution is 7.26. The monoisotopic (exact) mass is 1560 g/mol. The first kappa shape index (κ1) is 68.0. The summed E-state index contributed by atoms with van der Waals surface area (Å²) < 4.78 is 7.59. The molecule has 1 nitrogen and oxygen atoms in total. The van der Waals surface area contributed by atoms with Crippen molar-refractivity contribution < 1.29 is 0 Å². The molecule has 0 unspecified atom stereocenters. The molecule has 0 spiro atoms. The zero-order valence-corrected chi connectivity index (χ0v) is 67.2. The Bertz CT molecular complexity index is 8490. The van der Waals surface area contributed by atoms with Gasteiger partial charge in [0.05, 0.1) is 11.0 Å². The quantitative estimate of drug-likeness (QED) is 0.100. The fourth-order valence-electron chi connectivity index (χ4n) is 20.4. The Morgan fingerprint density at radius 2 is 0.405 bits per heavy atom. The molecule has 0 aliphatic carbocycles. The van der Waals surface area contributed by atoms with Gasteiger partial charge in [-0.05, 0) is 295 Å². The molecule has 3 aromatic heterocycles. The molecule has 0 fully saturated rings. The summed E-state index contributed by atoms with van der Waals surface area (Å²) in [5.41, 5.74) is 22.6. The highest BCUT2D eigenvalue weighted by Crippen LogP contribution is 2.51. The Morgan fingerprint density at radius 1 is 0.149 bits per heavy atom. The van der Waals surface area contributed by atoms with E-state index in [1.165, 1.54) is 248 Å². The molecule has 3 heteroatoms. The molecule has 26 rings (SSSR count). The lowest BCUT2D eigenvalue weighted by Gasteiger charge is -2.18. The molecule has 0 radical (unpaired) electrons. The maximum atomic E-state index is 2.53. The second-order valence-electron chi connectivity index (χ2n) is 32.9. The van der Waals surface area contributed by atoms with Crippen molar-refractivity contribution in [3.05, 3.63) is 419 Å². The smallest absolute Gasteiger partial charge is 0.0541 e. The van der Waals surface area contributed by atoms with Gasteiger partial charge in [-0.3, -0.25) is 0 Å². The number of hydrogen-bond acceptors (Lipinski definition) is 2. The number of nitrogens with zero attached hydrogens (tertiary/aromatic N) is 1. The zero-order valence-electron chi connectivity index (χ0n) is 65.6. The average Bonchev–Trinajstić information content (AvgIpc) is 1.63. The van der Waals surface area contributed by atoms with Gasteiger partial charge >= 0.3 is 0 Å². The largest absolute Gasteiger partial charge is 0.309 e. The van der Waals surface area contributed by atoms with E-state index >= 15 is 0 Å². The molecule has 0 saturated heterocycles. The number of hydrogen-bond donors (Lipinski definition) is 0. The first-order valence-corrected chi connectivity index (χ1v) is 43.4. The van der Waals surface area contributed by atoms with Gasteiger partial charge in [0.2, 0.25) is 0 Å². The van der Waals surface area contributed by atoms with Crippen molar-refractivity contribution >= 4 is 193 Å². The third kappa shape index (κ3) is 10.8. The van der Waals surface area contributed by atoms with Crippen molar-refractivity contribution in [1.82, 2.24) is 4.57 Å². The van der Waals surface area contributed by atoms with Gasteiger partial charge in [0.1, 0.15) is 0 Å². The van der Waals surface area contributed by atoms with Crippen LogP contribution in [-0.4, -0.2) is 4.57 Å². The van der Waals surface area contributed by atoms with Crippen LogP contribution in [0.3, 0.4) is 0 Å². The molecule has 558 valence electrons. The van der Waals surface area contributed by atoms with Crippen LogP contribution in [0.1, 0.15) is 0 Å². The number of thiophene rings is 2. The van der Waals surface area contributed by atoms with E-state index in [1.54, 1.807) is 0 Å². The van der Waals surface area contributed by atoms with Gasteiger partial charge in [0, 0.05) is 67.9 Å². The predicted molar refractivity (Wildman–Crippen MR) is 525 cm³/mol. The molecular formula is C118H69NS2. The highest BCUT2D eigenvalue weighted by Gasteiger charge is 2.24. The Kier molecular flexibility index (Phi) is 15.0. The van der Waals surface area contributed by atoms with Gasteiger partial charge in [-0.1, -0.05) is 309 Å². The van der Waals surface area contributed by atoms with E-state index in [-0.39, 0.29) is 0 Å². The van der Waals surface area contributed by atoms with Crippen molar-refractivity contribution in [2.45, 2.75) is 0 Å². The minimum Gasteiger partial charge on any atom is -0.309 e. The maximum Gasteiger partial charge on any atom is 0.0541 e. The van der Waals surface area contributed by atoms with E-state index in [2.05, 4.69) is 423 Å². The normalized spacial score (nSPS) is 12.1. The highest BCUT2D eigenvalue weighted by atomic mass is 32.1. The summed E-state index contributed by atoms with van der Waals surface area (Å²) in [6.45, 7) is 0. The summed E-state index contributed by atoms with van der Waals surface area (Å²) >= 11 is 3.82. The Hall–Kier alpha value is -15.1. The van der Waals surface area contributed by atoms with E-state index in [4.69, 9.17) is 0 Å². The van der Waals surface area contributed by atoms with Crippen LogP contribution in [0.2, 0.25) is 0 Å². The SMILES string of the molecule is c1ccc(-c2c3ccccc3c(-c3ccc(-n4c5ccc(-c6cc(-c7ccc8ccc9ccccc9c8c7)cc7c6sc6ccc(-c8ccc9ccc%10ccccc%10c9c8)cc67)cc5c5cc(-c6cc(-c7ccc8ccc9ccccc9c8c7)cc7c6sc6ccc(-c8ccc9ccc%10ccccc%10c9c8)cc67)ccc54)cc3)c3ccccc23)cc1. The minimum absolute atomic E-state index is 1.10. The van der Waals surface area contributed by atoms with Crippen molar-refractivity contribution in [3.8, 4) is 94.7 Å². The molecule has 0 N–H and O–H groups in total. The van der Waals surface area contributed by atoms with Crippen LogP contribution in [0.5, 0.6) is 0 Å². The third-order valence-corrected chi connectivity index (χ3v) is 28.7. The fraction of sp³-hybridized carbons (Fsp3) is 0. The molecule has 23 aromatic carbocycles. The maximum absolute atomic E-state index is 2.53. The van der Waals surface area contributed by atoms with Crippen molar-refractivity contribution in [3.63, 3.8) is 0 Å². The van der Waals surface area contributed by atoms with Gasteiger partial charge in [-0.2, -0.15) is 0 Å². The summed E-state index contributed by atoms with van der Waals surface area (Å²) in [5.74, 6) is 0. The first-order valence-electron chi connectivity index (χ1n) is 41.8. The minimum atomic E-state index is 1.10. The summed E-state index contributed by atoms with van der Waals surface area (Å²) in [5, 5.41) is 32.4. The van der Waals surface area contributed by atoms with Crippen LogP contribution in [0.15, 0.2) is 419 Å². The lowest BCUT2D eigenvalue weighted by molar-refractivity contribution is 1.18. The van der Waals surface area contributed by atoms with E-state index in [9.17, 15) is 0 Å². The van der Waals surface area contributed by atoms with E-state index in [1.807, 2.05) is 22.7 Å². The van der Waals surface area contributed by atoms with Gasteiger partial charge in [0.15, 0.2) is 0 Å². The number of rotatable bonds is 9. The Labute approximate surface area is 705 Å². The van der Waals surface area contributed by atoms with Crippen molar-refractivity contribution in [2.24, 2.45) is 0 Å². The summed E-state index contributed by atoms with van der Waals surface area (Å²) in [7, 11) is 0. The van der Waals surface area contributed by atoms with Gasteiger partial charge in [0.25, 0.3) is 0 Å². The first-order chi connectivity index (χ1) is 59.9. The molecule has 0 bridgehead atoms. The fourth-order valence-corrected chi connectivity index (χ4v) is 22.8. The second kappa shape index (κ2) is 26.7. The average molecular weight is 1560 g/mol. The van der Waals surface area contributed by atoms with Crippen molar-refractivity contribution in [1.29, 1.82) is 0 Å². The van der Waals surface area contributed by atoms with Crippen LogP contribution in [0.25, 0.3) is 265 Å². The number of fused-ring (bicyclic) bond motifs is 23. The zero-order chi connectivity index (χ0) is 79.1. The Morgan fingerprint density at radius 3 is 0.769 bits per heavy atom. The van der Waals surface area contributed by atoms with Crippen LogP contribution in [-0.2, 0) is 0 Å². The van der Waals surface area contributed by atoms with Crippen LogP contribution < -0.4 is 0 Å². The molecule has 0 aliphatic rings. The van der Waals surface area contributed by atoms with Crippen LogP contribution in [0, 0.1) is 0 Å². The predicted octanol–water partition coefficient (Wildman–Crippen LogP) is 34.4. The summed E-state index contributed by atoms with van der Waals surface area (Å²) in [6, 6.07) is 159. The molecule has 3 heterocycles. The topological polar surface area (TPSA) is 4.93 Å². The molecule has 0 saturated carbocycles. The number of aromatic nitrogens is 1.